The highest BCUT2D eigenvalue weighted by Crippen LogP contribution is 2.51. The van der Waals surface area contributed by atoms with Gasteiger partial charge >= 0.3 is 7.60 Å². The number of aryl methyl sites for hydroxylation is 2. The van der Waals surface area contributed by atoms with Gasteiger partial charge in [-0.05, 0) is 68.5 Å². The molecular weight excluding hydrogens is 387 g/mol. The van der Waals surface area contributed by atoms with Gasteiger partial charge < -0.3 is 18.5 Å². The van der Waals surface area contributed by atoms with E-state index in [9.17, 15) is 4.57 Å². The molecule has 0 heterocycles. The third-order valence-corrected chi connectivity index (χ3v) is 6.65. The molecule has 2 rings (SSSR count). The van der Waals surface area contributed by atoms with Crippen LogP contribution in [0.3, 0.4) is 0 Å². The quantitative estimate of drug-likeness (QED) is 0.388. The molecular formula is C23H33O5P. The van der Waals surface area contributed by atoms with Crippen molar-refractivity contribution in [2.45, 2.75) is 53.6 Å². The Morgan fingerprint density at radius 2 is 1.55 bits per heavy atom. The zero-order chi connectivity index (χ0) is 21.6. The molecule has 0 spiro atoms. The van der Waals surface area contributed by atoms with Crippen molar-refractivity contribution in [3.8, 4) is 17.2 Å². The van der Waals surface area contributed by atoms with Gasteiger partial charge in [0.25, 0.3) is 0 Å². The SMILES string of the molecule is CCOP(=O)(Cc1cc(C)c(Oc2ccc(OC)c(C(C)C)c2)c(C)c1)OCC. The smallest absolute Gasteiger partial charge is 0.335 e. The number of hydrogen-bond acceptors (Lipinski definition) is 5. The van der Waals surface area contributed by atoms with Crippen molar-refractivity contribution in [1.29, 1.82) is 0 Å². The largest absolute Gasteiger partial charge is 0.496 e. The van der Waals surface area contributed by atoms with Gasteiger partial charge in [-0.1, -0.05) is 26.0 Å². The molecule has 0 fully saturated rings. The Morgan fingerprint density at radius 3 is 2.03 bits per heavy atom. The molecule has 0 saturated heterocycles. The molecule has 0 saturated carbocycles. The number of hydrogen-bond donors (Lipinski definition) is 0. The van der Waals surface area contributed by atoms with Crippen LogP contribution in [0.15, 0.2) is 30.3 Å². The lowest BCUT2D eigenvalue weighted by molar-refractivity contribution is 0.219. The first kappa shape index (κ1) is 23.5. The fourth-order valence-electron chi connectivity index (χ4n) is 3.38. The maximum absolute atomic E-state index is 12.9. The molecule has 0 aromatic heterocycles. The van der Waals surface area contributed by atoms with Crippen LogP contribution in [0.5, 0.6) is 17.2 Å². The molecule has 2 aromatic carbocycles. The summed E-state index contributed by atoms with van der Waals surface area (Å²) in [6, 6.07) is 9.84. The van der Waals surface area contributed by atoms with E-state index in [1.54, 1.807) is 7.11 Å². The van der Waals surface area contributed by atoms with E-state index >= 15 is 0 Å². The molecule has 5 nitrogen and oxygen atoms in total. The van der Waals surface area contributed by atoms with E-state index < -0.39 is 7.60 Å². The van der Waals surface area contributed by atoms with Gasteiger partial charge in [-0.3, -0.25) is 4.57 Å². The zero-order valence-corrected chi connectivity index (χ0v) is 19.5. The second kappa shape index (κ2) is 10.3. The molecule has 0 amide bonds. The number of ether oxygens (including phenoxy) is 2. The lowest BCUT2D eigenvalue weighted by atomic mass is 10.0. The van der Waals surface area contributed by atoms with E-state index in [0.717, 1.165) is 39.5 Å². The Balaban J connectivity index is 2.30. The number of benzene rings is 2. The minimum Gasteiger partial charge on any atom is -0.496 e. The Hall–Kier alpha value is -1.81. The van der Waals surface area contributed by atoms with Crippen molar-refractivity contribution in [2.75, 3.05) is 20.3 Å². The Kier molecular flexibility index (Phi) is 8.33. The van der Waals surface area contributed by atoms with Crippen LogP contribution in [0.25, 0.3) is 0 Å². The fourth-order valence-corrected chi connectivity index (χ4v) is 5.06. The molecule has 0 aliphatic heterocycles. The van der Waals surface area contributed by atoms with Crippen LogP contribution in [0.2, 0.25) is 0 Å². The average Bonchev–Trinajstić information content (AvgIpc) is 2.64. The van der Waals surface area contributed by atoms with E-state index in [-0.39, 0.29) is 6.16 Å². The Labute approximate surface area is 174 Å². The van der Waals surface area contributed by atoms with Gasteiger partial charge in [-0.25, -0.2) is 0 Å². The molecule has 0 radical (unpaired) electrons. The minimum atomic E-state index is -3.14. The number of methoxy groups -OCH3 is 1. The van der Waals surface area contributed by atoms with Crippen molar-refractivity contribution in [1.82, 2.24) is 0 Å². The fraction of sp³-hybridized carbons (Fsp3) is 0.478. The van der Waals surface area contributed by atoms with Crippen molar-refractivity contribution in [3.05, 3.63) is 52.6 Å². The summed E-state index contributed by atoms with van der Waals surface area (Å²) in [7, 11) is -1.47. The van der Waals surface area contributed by atoms with Gasteiger partial charge in [-0.2, -0.15) is 0 Å². The summed E-state index contributed by atoms with van der Waals surface area (Å²) in [6.07, 6.45) is 0.247. The Morgan fingerprint density at radius 1 is 0.966 bits per heavy atom. The molecule has 160 valence electrons. The van der Waals surface area contributed by atoms with Crippen molar-refractivity contribution in [2.24, 2.45) is 0 Å². The second-order valence-corrected chi connectivity index (χ2v) is 9.38. The molecule has 0 unspecified atom stereocenters. The van der Waals surface area contributed by atoms with E-state index in [4.69, 9.17) is 18.5 Å². The van der Waals surface area contributed by atoms with Crippen LogP contribution in [-0.4, -0.2) is 20.3 Å². The summed E-state index contributed by atoms with van der Waals surface area (Å²) in [6.45, 7) is 12.6. The average molecular weight is 420 g/mol. The molecule has 0 atom stereocenters. The third kappa shape index (κ3) is 6.08. The van der Waals surface area contributed by atoms with Crippen molar-refractivity contribution >= 4 is 7.60 Å². The van der Waals surface area contributed by atoms with E-state index in [0.29, 0.717) is 19.1 Å². The van der Waals surface area contributed by atoms with Crippen LogP contribution in [-0.2, 0) is 19.8 Å². The van der Waals surface area contributed by atoms with Crippen LogP contribution < -0.4 is 9.47 Å². The molecule has 0 aliphatic rings. The molecule has 0 N–H and O–H groups in total. The lowest BCUT2D eigenvalue weighted by Crippen LogP contribution is -2.01. The van der Waals surface area contributed by atoms with Crippen LogP contribution in [0.4, 0.5) is 0 Å². The summed E-state index contributed by atoms with van der Waals surface area (Å²) in [4.78, 5) is 0. The van der Waals surface area contributed by atoms with E-state index in [1.165, 1.54) is 0 Å². The normalized spacial score (nSPS) is 11.7. The second-order valence-electron chi connectivity index (χ2n) is 7.32. The minimum absolute atomic E-state index is 0.247. The predicted molar refractivity (Wildman–Crippen MR) is 118 cm³/mol. The highest BCUT2D eigenvalue weighted by molar-refractivity contribution is 7.53. The predicted octanol–water partition coefficient (Wildman–Crippen LogP) is 6.99. The highest BCUT2D eigenvalue weighted by Gasteiger charge is 2.25. The first-order chi connectivity index (χ1) is 13.7. The molecule has 2 aromatic rings. The maximum Gasteiger partial charge on any atom is 0.335 e. The number of rotatable bonds is 10. The maximum atomic E-state index is 12.9. The topological polar surface area (TPSA) is 54.0 Å². The lowest BCUT2D eigenvalue weighted by Gasteiger charge is -2.19. The standard InChI is InChI=1S/C23H33O5P/c1-8-26-29(24,27-9-2)15-19-12-17(5)23(18(6)13-19)28-20-10-11-22(25-7)21(14-20)16(3)4/h10-14,16H,8-9,15H2,1-7H3. The molecule has 6 heteroatoms. The highest BCUT2D eigenvalue weighted by atomic mass is 31.2. The van der Waals surface area contributed by atoms with Gasteiger partial charge in [0.05, 0.1) is 26.5 Å². The molecule has 29 heavy (non-hydrogen) atoms. The van der Waals surface area contributed by atoms with E-state index in [2.05, 4.69) is 13.8 Å². The van der Waals surface area contributed by atoms with Crippen molar-refractivity contribution in [3.63, 3.8) is 0 Å². The van der Waals surface area contributed by atoms with E-state index in [1.807, 2.05) is 58.0 Å². The first-order valence-electron chi connectivity index (χ1n) is 10.1. The van der Waals surface area contributed by atoms with Gasteiger partial charge in [0, 0.05) is 5.56 Å². The van der Waals surface area contributed by atoms with Gasteiger partial charge in [0.15, 0.2) is 0 Å². The summed E-state index contributed by atoms with van der Waals surface area (Å²) < 4.78 is 35.4. The summed E-state index contributed by atoms with van der Waals surface area (Å²) in [5.41, 5.74) is 3.96. The monoisotopic (exact) mass is 420 g/mol. The van der Waals surface area contributed by atoms with Gasteiger partial charge in [0.2, 0.25) is 0 Å². The molecule has 0 bridgehead atoms. The summed E-state index contributed by atoms with van der Waals surface area (Å²) >= 11 is 0. The summed E-state index contributed by atoms with van der Waals surface area (Å²) in [5, 5.41) is 0. The van der Waals surface area contributed by atoms with Gasteiger partial charge in [-0.15, -0.1) is 0 Å². The summed E-state index contributed by atoms with van der Waals surface area (Å²) in [5.74, 6) is 2.75. The zero-order valence-electron chi connectivity index (χ0n) is 18.6. The van der Waals surface area contributed by atoms with Crippen molar-refractivity contribution < 1.29 is 23.1 Å². The Bertz CT molecular complexity index is 843. The van der Waals surface area contributed by atoms with Crippen LogP contribution in [0.1, 0.15) is 55.9 Å². The van der Waals surface area contributed by atoms with Crippen LogP contribution in [0, 0.1) is 13.8 Å². The van der Waals surface area contributed by atoms with Gasteiger partial charge in [0.1, 0.15) is 17.2 Å². The third-order valence-electron chi connectivity index (χ3n) is 4.59. The van der Waals surface area contributed by atoms with Crippen LogP contribution >= 0.6 is 7.60 Å². The first-order valence-corrected chi connectivity index (χ1v) is 11.8. The molecule has 0 aliphatic carbocycles.